The van der Waals surface area contributed by atoms with Gasteiger partial charge in [0, 0.05) is 31.0 Å². The normalized spacial score (nSPS) is 12.7. The molecular formula is C16H20FN3. The Labute approximate surface area is 119 Å². The van der Waals surface area contributed by atoms with E-state index in [1.165, 1.54) is 12.1 Å². The molecule has 0 radical (unpaired) electrons. The molecule has 0 saturated carbocycles. The van der Waals surface area contributed by atoms with E-state index < -0.39 is 0 Å². The molecule has 106 valence electrons. The average Bonchev–Trinajstić information content (AvgIpc) is 2.44. The van der Waals surface area contributed by atoms with Crippen LogP contribution in [0.1, 0.15) is 22.9 Å². The Bertz CT molecular complexity index is 537. The van der Waals surface area contributed by atoms with Gasteiger partial charge in [0.05, 0.1) is 0 Å². The molecule has 20 heavy (non-hydrogen) atoms. The van der Waals surface area contributed by atoms with Crippen LogP contribution in [0.15, 0.2) is 42.6 Å². The number of rotatable bonds is 5. The number of likely N-dealkylation sites (N-methyl/N-ethyl adjacent to an activating group) is 1. The molecule has 0 bridgehead atoms. The molecule has 1 aromatic carbocycles. The molecule has 1 atom stereocenters. The summed E-state index contributed by atoms with van der Waals surface area (Å²) in [4.78, 5) is 6.47. The molecule has 1 heterocycles. The number of pyridine rings is 1. The lowest BCUT2D eigenvalue weighted by Crippen LogP contribution is -2.30. The van der Waals surface area contributed by atoms with Crippen LogP contribution in [0.4, 0.5) is 4.39 Å². The van der Waals surface area contributed by atoms with Gasteiger partial charge in [-0.25, -0.2) is 4.39 Å². The fraction of sp³-hybridized carbons (Fsp3) is 0.312. The molecule has 0 amide bonds. The van der Waals surface area contributed by atoms with Crippen molar-refractivity contribution in [3.05, 3.63) is 65.2 Å². The third-order valence-corrected chi connectivity index (χ3v) is 3.42. The summed E-state index contributed by atoms with van der Waals surface area (Å²) in [5.74, 6) is -0.213. The maximum atomic E-state index is 12.9. The highest BCUT2D eigenvalue weighted by Gasteiger charge is 2.16. The van der Waals surface area contributed by atoms with Gasteiger partial charge in [-0.15, -0.1) is 0 Å². The highest BCUT2D eigenvalue weighted by Crippen LogP contribution is 2.20. The molecule has 0 saturated heterocycles. The number of aryl methyl sites for hydroxylation is 1. The molecule has 2 rings (SSSR count). The Morgan fingerprint density at radius 1 is 1.20 bits per heavy atom. The van der Waals surface area contributed by atoms with Crippen LogP contribution in [0.5, 0.6) is 0 Å². The summed E-state index contributed by atoms with van der Waals surface area (Å²) in [6.07, 6.45) is 1.87. The molecule has 2 N–H and O–H groups in total. The molecule has 1 unspecified atom stereocenters. The van der Waals surface area contributed by atoms with Crippen molar-refractivity contribution in [1.29, 1.82) is 0 Å². The Morgan fingerprint density at radius 3 is 2.45 bits per heavy atom. The van der Waals surface area contributed by atoms with E-state index in [2.05, 4.69) is 16.0 Å². The second-order valence-corrected chi connectivity index (χ2v) is 5.03. The van der Waals surface area contributed by atoms with Gasteiger partial charge in [0.1, 0.15) is 5.82 Å². The van der Waals surface area contributed by atoms with E-state index in [1.807, 2.05) is 26.2 Å². The number of nitrogens with two attached hydrogens (primary N) is 1. The van der Waals surface area contributed by atoms with Crippen LogP contribution in [0.3, 0.4) is 0 Å². The van der Waals surface area contributed by atoms with Crippen molar-refractivity contribution in [2.75, 3.05) is 13.6 Å². The van der Waals surface area contributed by atoms with E-state index in [1.54, 1.807) is 12.1 Å². The van der Waals surface area contributed by atoms with E-state index in [0.29, 0.717) is 6.54 Å². The first kappa shape index (κ1) is 14.6. The van der Waals surface area contributed by atoms with Gasteiger partial charge < -0.3 is 5.73 Å². The molecule has 0 spiro atoms. The number of nitrogens with zero attached hydrogens (tertiary/aromatic N) is 2. The molecule has 4 heteroatoms. The third-order valence-electron chi connectivity index (χ3n) is 3.42. The summed E-state index contributed by atoms with van der Waals surface area (Å²) in [7, 11) is 2.01. The first-order valence-corrected chi connectivity index (χ1v) is 6.67. The third kappa shape index (κ3) is 3.62. The van der Waals surface area contributed by atoms with Crippen molar-refractivity contribution in [2.45, 2.75) is 19.5 Å². The minimum Gasteiger partial charge on any atom is -0.329 e. The van der Waals surface area contributed by atoms with Crippen molar-refractivity contribution in [3.8, 4) is 0 Å². The summed E-state index contributed by atoms with van der Waals surface area (Å²) in [6.45, 7) is 3.20. The molecular weight excluding hydrogens is 253 g/mol. The number of aromatic nitrogens is 1. The monoisotopic (exact) mass is 273 g/mol. The van der Waals surface area contributed by atoms with Gasteiger partial charge in [-0.1, -0.05) is 18.2 Å². The highest BCUT2D eigenvalue weighted by atomic mass is 19.1. The molecule has 0 aliphatic carbocycles. The fourth-order valence-electron chi connectivity index (χ4n) is 2.23. The van der Waals surface area contributed by atoms with Crippen LogP contribution in [-0.2, 0) is 6.54 Å². The minimum absolute atomic E-state index is 0.105. The van der Waals surface area contributed by atoms with Gasteiger partial charge >= 0.3 is 0 Å². The Balaban J connectivity index is 2.10. The van der Waals surface area contributed by atoms with E-state index in [0.717, 1.165) is 23.4 Å². The van der Waals surface area contributed by atoms with Crippen molar-refractivity contribution in [2.24, 2.45) is 5.73 Å². The molecule has 3 nitrogen and oxygen atoms in total. The lowest BCUT2D eigenvalue weighted by molar-refractivity contribution is 0.241. The maximum absolute atomic E-state index is 12.9. The number of halogens is 1. The predicted octanol–water partition coefficient (Wildman–Crippen LogP) is 2.66. The van der Waals surface area contributed by atoms with Crippen LogP contribution < -0.4 is 5.73 Å². The second-order valence-electron chi connectivity index (χ2n) is 5.03. The molecule has 0 aliphatic heterocycles. The zero-order valence-corrected chi connectivity index (χ0v) is 11.9. The molecule has 0 aliphatic rings. The lowest BCUT2D eigenvalue weighted by atomic mass is 10.1. The van der Waals surface area contributed by atoms with Crippen LogP contribution >= 0.6 is 0 Å². The van der Waals surface area contributed by atoms with Crippen LogP contribution in [-0.4, -0.2) is 23.5 Å². The zero-order valence-electron chi connectivity index (χ0n) is 11.9. The summed E-state index contributed by atoms with van der Waals surface area (Å²) >= 11 is 0. The minimum atomic E-state index is -0.213. The van der Waals surface area contributed by atoms with E-state index in [4.69, 9.17) is 5.73 Å². The summed E-state index contributed by atoms with van der Waals surface area (Å²) in [5.41, 5.74) is 9.05. The smallest absolute Gasteiger partial charge is 0.123 e. The van der Waals surface area contributed by atoms with Crippen molar-refractivity contribution in [3.63, 3.8) is 0 Å². The van der Waals surface area contributed by atoms with Gasteiger partial charge in [0.2, 0.25) is 0 Å². The van der Waals surface area contributed by atoms with Crippen molar-refractivity contribution in [1.82, 2.24) is 9.88 Å². The summed E-state index contributed by atoms with van der Waals surface area (Å²) in [5, 5.41) is 0. The molecule has 2 aromatic rings. The predicted molar refractivity (Wildman–Crippen MR) is 78.6 cm³/mol. The quantitative estimate of drug-likeness (QED) is 0.910. The number of hydrogen-bond acceptors (Lipinski definition) is 3. The second kappa shape index (κ2) is 6.59. The topological polar surface area (TPSA) is 42.1 Å². The van der Waals surface area contributed by atoms with E-state index in [9.17, 15) is 4.39 Å². The average molecular weight is 273 g/mol. The first-order chi connectivity index (χ1) is 9.60. The summed E-state index contributed by atoms with van der Waals surface area (Å²) in [6, 6.07) is 10.7. The number of benzene rings is 1. The Hall–Kier alpha value is -1.78. The van der Waals surface area contributed by atoms with Crippen molar-refractivity contribution < 1.29 is 4.39 Å². The maximum Gasteiger partial charge on any atom is 0.123 e. The lowest BCUT2D eigenvalue weighted by Gasteiger charge is -2.27. The van der Waals surface area contributed by atoms with Crippen molar-refractivity contribution >= 4 is 0 Å². The van der Waals surface area contributed by atoms with Gasteiger partial charge in [-0.3, -0.25) is 9.88 Å². The van der Waals surface area contributed by atoms with Crippen LogP contribution in [0.25, 0.3) is 0 Å². The molecule has 1 aromatic heterocycles. The van der Waals surface area contributed by atoms with Crippen LogP contribution in [0, 0.1) is 12.7 Å². The van der Waals surface area contributed by atoms with E-state index >= 15 is 0 Å². The van der Waals surface area contributed by atoms with Gasteiger partial charge in [0.25, 0.3) is 0 Å². The first-order valence-electron chi connectivity index (χ1n) is 6.67. The molecule has 0 fully saturated rings. The standard InChI is InChI=1S/C16H20FN3/c1-12-3-6-14(10-19-12)16(9-18)20(2)11-13-4-7-15(17)8-5-13/h3-8,10,16H,9,11,18H2,1-2H3. The Morgan fingerprint density at radius 2 is 1.90 bits per heavy atom. The highest BCUT2D eigenvalue weighted by molar-refractivity contribution is 5.20. The van der Waals surface area contributed by atoms with Gasteiger partial charge in [0.15, 0.2) is 0 Å². The number of hydrogen-bond donors (Lipinski definition) is 1. The van der Waals surface area contributed by atoms with Crippen LogP contribution in [0.2, 0.25) is 0 Å². The van der Waals surface area contributed by atoms with Gasteiger partial charge in [-0.05, 0) is 43.3 Å². The summed E-state index contributed by atoms with van der Waals surface area (Å²) < 4.78 is 12.9. The largest absolute Gasteiger partial charge is 0.329 e. The zero-order chi connectivity index (χ0) is 14.5. The SMILES string of the molecule is Cc1ccc(C(CN)N(C)Cc2ccc(F)cc2)cn1. The fourth-order valence-corrected chi connectivity index (χ4v) is 2.23. The van der Waals surface area contributed by atoms with Gasteiger partial charge in [-0.2, -0.15) is 0 Å². The van der Waals surface area contributed by atoms with E-state index in [-0.39, 0.29) is 11.9 Å². The Kier molecular flexibility index (Phi) is 4.82.